The third kappa shape index (κ3) is 3.32. The number of carbonyl (C=O) groups is 1. The second-order valence-electron chi connectivity index (χ2n) is 4.16. The Morgan fingerprint density at radius 1 is 1.56 bits per heavy atom. The lowest BCUT2D eigenvalue weighted by Crippen LogP contribution is -2.45. The van der Waals surface area contributed by atoms with Gasteiger partial charge < -0.3 is 11.1 Å². The van der Waals surface area contributed by atoms with E-state index in [1.54, 1.807) is 11.3 Å². The van der Waals surface area contributed by atoms with Gasteiger partial charge in [-0.2, -0.15) is 0 Å². The predicted molar refractivity (Wildman–Crippen MR) is 68.3 cm³/mol. The zero-order valence-electron chi connectivity index (χ0n) is 10.1. The summed E-state index contributed by atoms with van der Waals surface area (Å²) in [6.07, 6.45) is 0.919. The first kappa shape index (κ1) is 13.2. The highest BCUT2D eigenvalue weighted by Gasteiger charge is 2.21. The molecule has 0 saturated carbocycles. The van der Waals surface area contributed by atoms with Gasteiger partial charge in [0, 0.05) is 4.88 Å². The van der Waals surface area contributed by atoms with E-state index >= 15 is 0 Å². The molecule has 0 radical (unpaired) electrons. The van der Waals surface area contributed by atoms with Crippen molar-refractivity contribution in [2.45, 2.75) is 39.3 Å². The van der Waals surface area contributed by atoms with Gasteiger partial charge >= 0.3 is 0 Å². The second-order valence-corrected chi connectivity index (χ2v) is 5.14. The van der Waals surface area contributed by atoms with Crippen LogP contribution < -0.4 is 11.1 Å². The van der Waals surface area contributed by atoms with E-state index in [0.29, 0.717) is 0 Å². The minimum Gasteiger partial charge on any atom is -0.347 e. The van der Waals surface area contributed by atoms with Crippen LogP contribution in [0, 0.1) is 5.92 Å². The fourth-order valence-corrected chi connectivity index (χ4v) is 2.17. The molecule has 3 nitrogen and oxygen atoms in total. The zero-order chi connectivity index (χ0) is 12.1. The number of thiophene rings is 1. The quantitative estimate of drug-likeness (QED) is 0.829. The smallest absolute Gasteiger partial charge is 0.237 e. The van der Waals surface area contributed by atoms with Crippen LogP contribution >= 0.6 is 11.3 Å². The first-order valence-electron chi connectivity index (χ1n) is 5.65. The van der Waals surface area contributed by atoms with E-state index in [4.69, 9.17) is 5.73 Å². The molecule has 4 heteroatoms. The van der Waals surface area contributed by atoms with E-state index in [1.807, 2.05) is 38.3 Å². The van der Waals surface area contributed by atoms with E-state index in [2.05, 4.69) is 5.32 Å². The van der Waals surface area contributed by atoms with Gasteiger partial charge in [0.15, 0.2) is 0 Å². The Labute approximate surface area is 101 Å². The topological polar surface area (TPSA) is 55.1 Å². The third-order valence-corrected chi connectivity index (χ3v) is 3.94. The van der Waals surface area contributed by atoms with E-state index < -0.39 is 6.04 Å². The molecule has 0 aromatic carbocycles. The second kappa shape index (κ2) is 6.01. The van der Waals surface area contributed by atoms with Crippen LogP contribution in [0.1, 0.15) is 38.1 Å². The van der Waals surface area contributed by atoms with Gasteiger partial charge in [0.25, 0.3) is 0 Å². The molecule has 0 spiro atoms. The lowest BCUT2D eigenvalue weighted by Gasteiger charge is -2.20. The zero-order valence-corrected chi connectivity index (χ0v) is 10.9. The fourth-order valence-electron chi connectivity index (χ4n) is 1.43. The van der Waals surface area contributed by atoms with E-state index in [0.717, 1.165) is 11.3 Å². The summed E-state index contributed by atoms with van der Waals surface area (Å²) in [7, 11) is 0. The summed E-state index contributed by atoms with van der Waals surface area (Å²) in [6.45, 7) is 6.02. The van der Waals surface area contributed by atoms with Gasteiger partial charge in [-0.15, -0.1) is 11.3 Å². The summed E-state index contributed by atoms with van der Waals surface area (Å²) >= 11 is 1.64. The summed E-state index contributed by atoms with van der Waals surface area (Å²) < 4.78 is 0. The number of carbonyl (C=O) groups excluding carboxylic acids is 1. The maximum atomic E-state index is 11.8. The number of hydrogen-bond donors (Lipinski definition) is 2. The van der Waals surface area contributed by atoms with E-state index in [1.165, 1.54) is 0 Å². The predicted octanol–water partition coefficient (Wildman–Crippen LogP) is 2.30. The molecule has 1 aromatic heterocycles. The van der Waals surface area contributed by atoms with Crippen LogP contribution in [-0.2, 0) is 4.79 Å². The summed E-state index contributed by atoms with van der Waals surface area (Å²) in [5.41, 5.74) is 5.86. The van der Waals surface area contributed by atoms with Crippen molar-refractivity contribution in [2.24, 2.45) is 11.7 Å². The molecule has 1 rings (SSSR count). The third-order valence-electron chi connectivity index (χ3n) is 2.89. The van der Waals surface area contributed by atoms with Gasteiger partial charge in [-0.3, -0.25) is 4.79 Å². The molecule has 1 amide bonds. The minimum absolute atomic E-state index is 0.0441. The number of hydrogen-bond acceptors (Lipinski definition) is 3. The Bertz CT molecular complexity index is 324. The van der Waals surface area contributed by atoms with Crippen molar-refractivity contribution < 1.29 is 4.79 Å². The Hall–Kier alpha value is -0.870. The average Bonchev–Trinajstić information content (AvgIpc) is 2.80. The van der Waals surface area contributed by atoms with Crippen LogP contribution in [0.15, 0.2) is 17.5 Å². The normalized spacial score (nSPS) is 16.5. The summed E-state index contributed by atoms with van der Waals surface area (Å²) in [5.74, 6) is 0.158. The van der Waals surface area contributed by atoms with E-state index in [9.17, 15) is 4.79 Å². The molecular formula is C12H20N2OS. The number of amides is 1. The van der Waals surface area contributed by atoms with Crippen molar-refractivity contribution in [3.63, 3.8) is 0 Å². The first-order valence-corrected chi connectivity index (χ1v) is 6.53. The van der Waals surface area contributed by atoms with Gasteiger partial charge in [0.05, 0.1) is 12.1 Å². The molecule has 3 N–H and O–H groups in total. The number of rotatable bonds is 5. The highest BCUT2D eigenvalue weighted by atomic mass is 32.1. The van der Waals surface area contributed by atoms with Crippen molar-refractivity contribution >= 4 is 17.2 Å². The molecule has 90 valence electrons. The first-order chi connectivity index (χ1) is 7.56. The van der Waals surface area contributed by atoms with Crippen molar-refractivity contribution in [3.8, 4) is 0 Å². The molecular weight excluding hydrogens is 220 g/mol. The van der Waals surface area contributed by atoms with E-state index in [-0.39, 0.29) is 17.9 Å². The van der Waals surface area contributed by atoms with Gasteiger partial charge in [0.1, 0.15) is 0 Å². The summed E-state index contributed by atoms with van der Waals surface area (Å²) in [4.78, 5) is 13.0. The maximum absolute atomic E-state index is 11.8. The molecule has 0 saturated heterocycles. The summed E-state index contributed by atoms with van der Waals surface area (Å²) in [5, 5.41) is 4.95. The highest BCUT2D eigenvalue weighted by molar-refractivity contribution is 7.10. The monoisotopic (exact) mass is 240 g/mol. The van der Waals surface area contributed by atoms with Gasteiger partial charge in [-0.05, 0) is 24.3 Å². The van der Waals surface area contributed by atoms with Crippen LogP contribution in [0.2, 0.25) is 0 Å². The number of nitrogens with one attached hydrogen (secondary N) is 1. The number of nitrogens with two attached hydrogens (primary N) is 1. The standard InChI is InChI=1S/C12H20N2OS/c1-4-8(2)11(13)12(15)14-9(3)10-6-5-7-16-10/h5-9,11H,4,13H2,1-3H3,(H,14,15)/t8?,9-,11?/m0/s1. The molecule has 2 unspecified atom stereocenters. The molecule has 0 aliphatic rings. The van der Waals surface area contributed by atoms with Crippen LogP contribution in [0.3, 0.4) is 0 Å². The molecule has 0 aliphatic heterocycles. The Balaban J connectivity index is 2.51. The van der Waals surface area contributed by atoms with Crippen LogP contribution in [0.25, 0.3) is 0 Å². The molecule has 16 heavy (non-hydrogen) atoms. The van der Waals surface area contributed by atoms with Crippen LogP contribution in [0.4, 0.5) is 0 Å². The van der Waals surface area contributed by atoms with Gasteiger partial charge in [-0.25, -0.2) is 0 Å². The van der Waals surface area contributed by atoms with Crippen molar-refractivity contribution in [1.29, 1.82) is 0 Å². The van der Waals surface area contributed by atoms with Crippen molar-refractivity contribution in [3.05, 3.63) is 22.4 Å². The van der Waals surface area contributed by atoms with Gasteiger partial charge in [0.2, 0.25) is 5.91 Å². The van der Waals surface area contributed by atoms with Crippen LogP contribution in [0.5, 0.6) is 0 Å². The Kier molecular flexibility index (Phi) is 4.96. The largest absolute Gasteiger partial charge is 0.347 e. The minimum atomic E-state index is -0.410. The van der Waals surface area contributed by atoms with Gasteiger partial charge in [-0.1, -0.05) is 26.3 Å². The molecule has 0 fully saturated rings. The fraction of sp³-hybridized carbons (Fsp3) is 0.583. The molecule has 0 bridgehead atoms. The average molecular weight is 240 g/mol. The SMILES string of the molecule is CCC(C)C(N)C(=O)N[C@@H](C)c1cccs1. The molecule has 3 atom stereocenters. The Morgan fingerprint density at radius 2 is 2.25 bits per heavy atom. The lowest BCUT2D eigenvalue weighted by molar-refractivity contribution is -0.124. The van der Waals surface area contributed by atoms with Crippen molar-refractivity contribution in [1.82, 2.24) is 5.32 Å². The molecule has 0 aliphatic carbocycles. The summed E-state index contributed by atoms with van der Waals surface area (Å²) in [6, 6.07) is 3.64. The molecule has 1 heterocycles. The Morgan fingerprint density at radius 3 is 2.75 bits per heavy atom. The maximum Gasteiger partial charge on any atom is 0.237 e. The lowest BCUT2D eigenvalue weighted by atomic mass is 9.99. The van der Waals surface area contributed by atoms with Crippen LogP contribution in [-0.4, -0.2) is 11.9 Å². The van der Waals surface area contributed by atoms with Crippen molar-refractivity contribution in [2.75, 3.05) is 0 Å². The highest BCUT2D eigenvalue weighted by Crippen LogP contribution is 2.18. The molecule has 1 aromatic rings.